The second-order valence-corrected chi connectivity index (χ2v) is 10.1. The molecule has 6 atom stereocenters. The number of ether oxygens (including phenoxy) is 1. The predicted octanol–water partition coefficient (Wildman–Crippen LogP) is 5.31. The smallest absolute Gasteiger partial charge is 0.327 e. The standard InChI is InChI=1S/C22H30F2O2/c1-20-12-10-18(25)22(23,24)17(20)7-5-14-15-6-8-19(26-13-3-4-13)21(15,2)11-9-16(14)20/h7,13-16,19H,3-6,8-12H2,1-2H3/t14-,15-,16+,19?,20+,21-/m0/s1. The number of rotatable bonds is 2. The van der Waals surface area contributed by atoms with Crippen LogP contribution in [0.15, 0.2) is 11.6 Å². The molecule has 0 aromatic carbocycles. The number of allylic oxidation sites excluding steroid dienone is 2. The van der Waals surface area contributed by atoms with Crippen LogP contribution in [0.4, 0.5) is 8.78 Å². The van der Waals surface area contributed by atoms with Crippen LogP contribution in [0.25, 0.3) is 0 Å². The van der Waals surface area contributed by atoms with E-state index >= 15 is 0 Å². The van der Waals surface area contributed by atoms with Gasteiger partial charge in [0, 0.05) is 12.0 Å². The van der Waals surface area contributed by atoms with Crippen molar-refractivity contribution in [2.45, 2.75) is 89.8 Å². The Hall–Kier alpha value is -0.770. The average molecular weight is 364 g/mol. The molecule has 0 radical (unpaired) electrons. The van der Waals surface area contributed by atoms with Crippen molar-refractivity contribution in [2.75, 3.05) is 0 Å². The van der Waals surface area contributed by atoms with Gasteiger partial charge in [-0.2, -0.15) is 8.78 Å². The lowest BCUT2D eigenvalue weighted by Gasteiger charge is -2.58. The number of carbonyl (C=O) groups is 1. The fourth-order valence-electron chi connectivity index (χ4n) is 7.19. The number of alkyl halides is 2. The maximum absolute atomic E-state index is 14.7. The van der Waals surface area contributed by atoms with Crippen LogP contribution in [-0.2, 0) is 9.53 Å². The van der Waals surface area contributed by atoms with Gasteiger partial charge >= 0.3 is 5.92 Å². The van der Waals surface area contributed by atoms with Gasteiger partial charge in [0.1, 0.15) is 0 Å². The van der Waals surface area contributed by atoms with Crippen LogP contribution in [0.5, 0.6) is 0 Å². The normalized spacial score (nSPS) is 49.8. The molecule has 2 nitrogen and oxygen atoms in total. The highest BCUT2D eigenvalue weighted by Gasteiger charge is 2.63. The van der Waals surface area contributed by atoms with E-state index in [4.69, 9.17) is 4.74 Å². The summed E-state index contributed by atoms with van der Waals surface area (Å²) < 4.78 is 35.7. The van der Waals surface area contributed by atoms with Gasteiger partial charge in [-0.3, -0.25) is 4.79 Å². The summed E-state index contributed by atoms with van der Waals surface area (Å²) in [5.74, 6) is -2.78. The summed E-state index contributed by atoms with van der Waals surface area (Å²) in [6.45, 7) is 4.42. The van der Waals surface area contributed by atoms with E-state index in [0.717, 1.165) is 25.7 Å². The van der Waals surface area contributed by atoms with Crippen LogP contribution in [0.3, 0.4) is 0 Å². The minimum absolute atomic E-state index is 0.0272. The quantitative estimate of drug-likeness (QED) is 0.621. The number of carbonyl (C=O) groups excluding carboxylic acids is 1. The lowest BCUT2D eigenvalue weighted by atomic mass is 9.47. The zero-order valence-electron chi connectivity index (χ0n) is 15.9. The molecule has 0 aromatic heterocycles. The lowest BCUT2D eigenvalue weighted by Crippen LogP contribution is -2.55. The number of hydrogen-bond donors (Lipinski definition) is 0. The molecule has 5 aliphatic carbocycles. The molecular weight excluding hydrogens is 334 g/mol. The highest BCUT2D eigenvalue weighted by molar-refractivity contribution is 5.90. The number of fused-ring (bicyclic) bond motifs is 5. The Morgan fingerprint density at radius 1 is 1.04 bits per heavy atom. The summed E-state index contributed by atoms with van der Waals surface area (Å²) in [4.78, 5) is 11.9. The van der Waals surface area contributed by atoms with Gasteiger partial charge in [0.25, 0.3) is 0 Å². The second-order valence-electron chi connectivity index (χ2n) is 10.1. The van der Waals surface area contributed by atoms with Crippen LogP contribution < -0.4 is 0 Å². The Bertz CT molecular complexity index is 667. The van der Waals surface area contributed by atoms with Crippen molar-refractivity contribution in [3.05, 3.63) is 11.6 Å². The third kappa shape index (κ3) is 2.20. The fraction of sp³-hybridized carbons (Fsp3) is 0.864. The van der Waals surface area contributed by atoms with E-state index in [-0.39, 0.29) is 17.4 Å². The topological polar surface area (TPSA) is 26.3 Å². The lowest BCUT2D eigenvalue weighted by molar-refractivity contribution is -0.150. The zero-order chi connectivity index (χ0) is 18.3. The maximum atomic E-state index is 14.7. The minimum atomic E-state index is -3.24. The molecule has 0 aliphatic heterocycles. The Kier molecular flexibility index (Phi) is 3.60. The third-order valence-corrected chi connectivity index (χ3v) is 8.82. The first-order valence-electron chi connectivity index (χ1n) is 10.5. The monoisotopic (exact) mass is 364 g/mol. The largest absolute Gasteiger partial charge is 0.374 e. The third-order valence-electron chi connectivity index (χ3n) is 8.82. The van der Waals surface area contributed by atoms with Gasteiger partial charge in [0.2, 0.25) is 5.78 Å². The fourth-order valence-corrected chi connectivity index (χ4v) is 7.19. The number of hydrogen-bond acceptors (Lipinski definition) is 2. The van der Waals surface area contributed by atoms with Gasteiger partial charge in [-0.15, -0.1) is 0 Å². The van der Waals surface area contributed by atoms with Crippen molar-refractivity contribution in [1.82, 2.24) is 0 Å². The zero-order valence-corrected chi connectivity index (χ0v) is 15.9. The number of Topliss-reactive ketones (excluding diaryl/α,β-unsaturated/α-hetero) is 1. The van der Waals surface area contributed by atoms with Crippen molar-refractivity contribution in [3.8, 4) is 0 Å². The second kappa shape index (κ2) is 5.40. The average Bonchev–Trinajstić information content (AvgIpc) is 3.34. The molecule has 144 valence electrons. The molecule has 26 heavy (non-hydrogen) atoms. The van der Waals surface area contributed by atoms with Gasteiger partial charge in [0.15, 0.2) is 0 Å². The molecule has 4 fully saturated rings. The van der Waals surface area contributed by atoms with E-state index in [1.54, 1.807) is 6.08 Å². The number of ketones is 1. The molecule has 0 bridgehead atoms. The van der Waals surface area contributed by atoms with E-state index in [9.17, 15) is 13.6 Å². The van der Waals surface area contributed by atoms with Crippen molar-refractivity contribution in [2.24, 2.45) is 28.6 Å². The van der Waals surface area contributed by atoms with E-state index in [0.29, 0.717) is 36.4 Å². The van der Waals surface area contributed by atoms with Crippen LogP contribution in [0, 0.1) is 28.6 Å². The molecule has 5 rings (SSSR count). The predicted molar refractivity (Wildman–Crippen MR) is 94.9 cm³/mol. The van der Waals surface area contributed by atoms with Gasteiger partial charge < -0.3 is 4.74 Å². The molecule has 0 amide bonds. The summed E-state index contributed by atoms with van der Waals surface area (Å²) >= 11 is 0. The molecule has 0 spiro atoms. The summed E-state index contributed by atoms with van der Waals surface area (Å²) in [5.41, 5.74) is -0.148. The van der Waals surface area contributed by atoms with Crippen molar-refractivity contribution in [1.29, 1.82) is 0 Å². The SMILES string of the molecule is C[C@]12CCC(=O)C(F)(F)C1=CC[C@@H]1[C@H]2CC[C@]2(C)C(OC3CC3)CC[C@@H]12. The van der Waals surface area contributed by atoms with E-state index < -0.39 is 17.1 Å². The van der Waals surface area contributed by atoms with Crippen molar-refractivity contribution in [3.63, 3.8) is 0 Å². The first-order valence-corrected chi connectivity index (χ1v) is 10.5. The van der Waals surface area contributed by atoms with Crippen LogP contribution >= 0.6 is 0 Å². The molecule has 5 aliphatic rings. The van der Waals surface area contributed by atoms with Crippen molar-refractivity contribution < 1.29 is 18.3 Å². The highest BCUT2D eigenvalue weighted by atomic mass is 19.3. The van der Waals surface area contributed by atoms with E-state index in [1.807, 2.05) is 6.92 Å². The summed E-state index contributed by atoms with van der Waals surface area (Å²) in [6, 6.07) is 0. The molecule has 4 heteroatoms. The van der Waals surface area contributed by atoms with Crippen LogP contribution in [-0.4, -0.2) is 23.9 Å². The summed E-state index contributed by atoms with van der Waals surface area (Å²) in [7, 11) is 0. The minimum Gasteiger partial charge on any atom is -0.374 e. The Balaban J connectivity index is 1.46. The van der Waals surface area contributed by atoms with Gasteiger partial charge in [0.05, 0.1) is 12.2 Å². The first-order chi connectivity index (χ1) is 12.3. The summed E-state index contributed by atoms with van der Waals surface area (Å²) in [5, 5.41) is 0. The maximum Gasteiger partial charge on any atom is 0.327 e. The highest BCUT2D eigenvalue weighted by Crippen LogP contribution is 2.66. The van der Waals surface area contributed by atoms with E-state index in [2.05, 4.69) is 6.92 Å². The molecule has 0 saturated heterocycles. The van der Waals surface area contributed by atoms with Gasteiger partial charge in [-0.1, -0.05) is 19.9 Å². The molecule has 0 N–H and O–H groups in total. The first kappa shape index (κ1) is 17.3. The Labute approximate surface area is 154 Å². The molecule has 4 saturated carbocycles. The summed E-state index contributed by atoms with van der Waals surface area (Å²) in [6.07, 6.45) is 10.7. The van der Waals surface area contributed by atoms with Gasteiger partial charge in [-0.25, -0.2) is 0 Å². The molecule has 1 unspecified atom stereocenters. The molecule has 0 aromatic rings. The van der Waals surface area contributed by atoms with Gasteiger partial charge in [-0.05, 0) is 80.0 Å². The Morgan fingerprint density at radius 2 is 1.81 bits per heavy atom. The van der Waals surface area contributed by atoms with Crippen molar-refractivity contribution >= 4 is 5.78 Å². The van der Waals surface area contributed by atoms with Crippen LogP contribution in [0.1, 0.15) is 71.6 Å². The van der Waals surface area contributed by atoms with Crippen LogP contribution in [0.2, 0.25) is 0 Å². The number of halogens is 2. The Morgan fingerprint density at radius 3 is 2.54 bits per heavy atom. The molecule has 0 heterocycles. The molecular formula is C22H30F2O2. The van der Waals surface area contributed by atoms with E-state index in [1.165, 1.54) is 19.3 Å².